The Balaban J connectivity index is 2.02. The molecule has 2 aromatic carbocycles. The molecule has 0 aromatic heterocycles. The van der Waals surface area contributed by atoms with Gasteiger partial charge < -0.3 is 20.4 Å². The van der Waals surface area contributed by atoms with Gasteiger partial charge in [-0.2, -0.15) is 0 Å². The zero-order chi connectivity index (χ0) is 20.7. The molecule has 0 radical (unpaired) electrons. The van der Waals surface area contributed by atoms with Gasteiger partial charge >= 0.3 is 11.9 Å². The largest absolute Gasteiger partial charge is 0.480 e. The number of benzene rings is 2. The number of hydroxylamine groups is 1. The van der Waals surface area contributed by atoms with Gasteiger partial charge in [-0.25, -0.2) is 4.79 Å². The predicted molar refractivity (Wildman–Crippen MR) is 108 cm³/mol. The van der Waals surface area contributed by atoms with E-state index in [1.54, 1.807) is 39.0 Å². The molecule has 0 amide bonds. The highest BCUT2D eigenvalue weighted by Crippen LogP contribution is 2.35. The fourth-order valence-electron chi connectivity index (χ4n) is 1.96. The summed E-state index contributed by atoms with van der Waals surface area (Å²) < 4.78 is 5.78. The van der Waals surface area contributed by atoms with Crippen LogP contribution in [-0.2, 0) is 14.4 Å². The molecular formula is C20H24N2O5S. The van der Waals surface area contributed by atoms with Gasteiger partial charge in [0.25, 0.3) is 0 Å². The van der Waals surface area contributed by atoms with Gasteiger partial charge in [-0.15, -0.1) is 17.2 Å². The second-order valence-corrected chi connectivity index (χ2v) is 8.10. The van der Waals surface area contributed by atoms with E-state index in [0.29, 0.717) is 22.1 Å². The molecular weight excluding hydrogens is 380 g/mol. The van der Waals surface area contributed by atoms with Crippen molar-refractivity contribution in [2.45, 2.75) is 31.7 Å². The maximum atomic E-state index is 11.8. The molecule has 4 N–H and O–H groups in total. The summed E-state index contributed by atoms with van der Waals surface area (Å²) in [6.07, 6.45) is 0. The summed E-state index contributed by atoms with van der Waals surface area (Å²) in [6.45, 7) is 5.04. The zero-order valence-electron chi connectivity index (χ0n) is 16.0. The number of hydrogen-bond donors (Lipinski definition) is 3. The van der Waals surface area contributed by atoms with Crippen LogP contribution >= 0.6 is 11.8 Å². The lowest BCUT2D eigenvalue weighted by Gasteiger charge is -2.19. The molecule has 2 rings (SSSR count). The molecule has 28 heavy (non-hydrogen) atoms. The quantitative estimate of drug-likeness (QED) is 0.347. The molecule has 1 atom stereocenters. The number of nitrogen functional groups attached to an aromatic ring is 1. The van der Waals surface area contributed by atoms with Crippen LogP contribution in [0.4, 0.5) is 5.69 Å². The van der Waals surface area contributed by atoms with Crippen molar-refractivity contribution in [2.24, 2.45) is 5.41 Å². The van der Waals surface area contributed by atoms with E-state index in [9.17, 15) is 14.7 Å². The fraction of sp³-hybridized carbons (Fsp3) is 0.300. The number of para-hydroxylation sites is 2. The number of carbonyl (C=O) groups is 2. The van der Waals surface area contributed by atoms with Gasteiger partial charge in [0, 0.05) is 10.6 Å². The number of ether oxygens (including phenoxy) is 1. The highest BCUT2D eigenvalue weighted by molar-refractivity contribution is 7.99. The second-order valence-electron chi connectivity index (χ2n) is 7.04. The van der Waals surface area contributed by atoms with E-state index in [0.717, 1.165) is 0 Å². The van der Waals surface area contributed by atoms with E-state index in [4.69, 9.17) is 15.3 Å². The number of nitrogens with one attached hydrogen (secondary N) is 1. The van der Waals surface area contributed by atoms with Gasteiger partial charge in [0.05, 0.1) is 11.1 Å². The molecule has 0 spiro atoms. The topological polar surface area (TPSA) is 111 Å². The van der Waals surface area contributed by atoms with Crippen LogP contribution in [-0.4, -0.2) is 28.8 Å². The Morgan fingerprint density at radius 1 is 1.14 bits per heavy atom. The van der Waals surface area contributed by atoms with Crippen molar-refractivity contribution in [2.75, 3.05) is 11.5 Å². The number of carboxylic acid groups (broad SMARTS) is 1. The highest BCUT2D eigenvalue weighted by atomic mass is 32.2. The first-order valence-corrected chi connectivity index (χ1v) is 9.61. The maximum Gasteiger partial charge on any atom is 0.330 e. The van der Waals surface area contributed by atoms with Gasteiger partial charge in [0.15, 0.2) is 5.75 Å². The number of anilines is 1. The number of aliphatic carboxylic acids is 1. The van der Waals surface area contributed by atoms with Crippen molar-refractivity contribution in [1.82, 2.24) is 5.48 Å². The van der Waals surface area contributed by atoms with E-state index in [2.05, 4.69) is 5.48 Å². The number of thioether (sulfide) groups is 1. The minimum Gasteiger partial charge on any atom is -0.480 e. The Morgan fingerprint density at radius 3 is 2.43 bits per heavy atom. The summed E-state index contributed by atoms with van der Waals surface area (Å²) in [5.74, 6) is -0.442. The summed E-state index contributed by atoms with van der Waals surface area (Å²) in [6, 6.07) is 13.4. The van der Waals surface area contributed by atoms with E-state index in [-0.39, 0.29) is 5.75 Å². The number of carbonyl (C=O) groups excluding carboxylic acids is 1. The number of hydrogen-bond acceptors (Lipinski definition) is 7. The number of nitrogens with two attached hydrogens (primary N) is 1. The van der Waals surface area contributed by atoms with Crippen LogP contribution in [0.1, 0.15) is 20.8 Å². The van der Waals surface area contributed by atoms with Crippen LogP contribution in [0, 0.1) is 5.41 Å². The average molecular weight is 404 g/mol. The third-order valence-electron chi connectivity index (χ3n) is 3.61. The van der Waals surface area contributed by atoms with Crippen molar-refractivity contribution < 1.29 is 24.3 Å². The third kappa shape index (κ3) is 6.17. The molecule has 0 heterocycles. The Bertz CT molecular complexity index is 821. The number of carboxylic acids is 1. The van der Waals surface area contributed by atoms with Gasteiger partial charge in [-0.3, -0.25) is 4.79 Å². The third-order valence-corrected chi connectivity index (χ3v) is 4.77. The molecule has 0 unspecified atom stereocenters. The Kier molecular flexibility index (Phi) is 7.31. The molecule has 0 aliphatic heterocycles. The summed E-state index contributed by atoms with van der Waals surface area (Å²) >= 11 is 1.23. The summed E-state index contributed by atoms with van der Waals surface area (Å²) in [4.78, 5) is 28.9. The molecule has 7 nitrogen and oxygen atoms in total. The molecule has 0 bridgehead atoms. The van der Waals surface area contributed by atoms with E-state index >= 15 is 0 Å². The van der Waals surface area contributed by atoms with Crippen LogP contribution in [0.5, 0.6) is 11.5 Å². The van der Waals surface area contributed by atoms with Gasteiger partial charge in [-0.1, -0.05) is 24.3 Å². The second kappa shape index (κ2) is 9.48. The summed E-state index contributed by atoms with van der Waals surface area (Å²) in [5, 5.41) is 9.36. The maximum absolute atomic E-state index is 11.8. The van der Waals surface area contributed by atoms with E-state index < -0.39 is 23.4 Å². The fourth-order valence-corrected chi connectivity index (χ4v) is 2.95. The average Bonchev–Trinajstić information content (AvgIpc) is 2.64. The standard InChI is InChI=1S/C20H24N2O5S/c1-20(2,3)19(25)27-22-14(18(23)24)12-28-16-11-7-10-15(17(16)21)26-13-8-5-4-6-9-13/h4-11,14,22H,12,21H2,1-3H3,(H,23,24)/t14-/m0/s1. The molecule has 0 saturated carbocycles. The van der Waals surface area contributed by atoms with Crippen molar-refractivity contribution in [3.05, 3.63) is 48.5 Å². The van der Waals surface area contributed by atoms with Gasteiger partial charge in [-0.05, 0) is 45.0 Å². The molecule has 8 heteroatoms. The lowest BCUT2D eigenvalue weighted by Crippen LogP contribution is -2.42. The minimum absolute atomic E-state index is 0.103. The van der Waals surface area contributed by atoms with E-state index in [1.165, 1.54) is 11.8 Å². The van der Waals surface area contributed by atoms with Crippen molar-refractivity contribution in [3.63, 3.8) is 0 Å². The molecule has 2 aromatic rings. The van der Waals surface area contributed by atoms with Crippen LogP contribution in [0.15, 0.2) is 53.4 Å². The molecule has 0 aliphatic carbocycles. The smallest absolute Gasteiger partial charge is 0.330 e. The van der Waals surface area contributed by atoms with Crippen molar-refractivity contribution in [1.29, 1.82) is 0 Å². The van der Waals surface area contributed by atoms with Crippen LogP contribution in [0.2, 0.25) is 0 Å². The Labute approximate surface area is 168 Å². The first-order chi connectivity index (χ1) is 13.2. The SMILES string of the molecule is CC(C)(C)C(=O)ON[C@@H](CSc1cccc(Oc2ccccc2)c1N)C(=O)O. The minimum atomic E-state index is -1.13. The zero-order valence-corrected chi connectivity index (χ0v) is 16.8. The summed E-state index contributed by atoms with van der Waals surface area (Å²) in [7, 11) is 0. The van der Waals surface area contributed by atoms with Crippen LogP contribution < -0.4 is 16.0 Å². The Morgan fingerprint density at radius 2 is 1.82 bits per heavy atom. The Hall–Kier alpha value is -2.71. The molecule has 0 aliphatic rings. The van der Waals surface area contributed by atoms with E-state index in [1.807, 2.05) is 30.3 Å². The van der Waals surface area contributed by atoms with Gasteiger partial charge in [0.1, 0.15) is 11.8 Å². The molecule has 0 fully saturated rings. The summed E-state index contributed by atoms with van der Waals surface area (Å²) in [5.41, 5.74) is 8.17. The lowest BCUT2D eigenvalue weighted by molar-refractivity contribution is -0.165. The van der Waals surface area contributed by atoms with Crippen molar-refractivity contribution in [3.8, 4) is 11.5 Å². The lowest BCUT2D eigenvalue weighted by atomic mass is 9.98. The van der Waals surface area contributed by atoms with Crippen LogP contribution in [0.25, 0.3) is 0 Å². The first-order valence-electron chi connectivity index (χ1n) is 8.62. The van der Waals surface area contributed by atoms with Crippen LogP contribution in [0.3, 0.4) is 0 Å². The predicted octanol–water partition coefficient (Wildman–Crippen LogP) is 3.70. The first kappa shape index (κ1) is 21.6. The van der Waals surface area contributed by atoms with Crippen molar-refractivity contribution >= 4 is 29.4 Å². The monoisotopic (exact) mass is 404 g/mol. The highest BCUT2D eigenvalue weighted by Gasteiger charge is 2.26. The normalized spacial score (nSPS) is 12.2. The molecule has 0 saturated heterocycles. The molecule has 150 valence electrons. The van der Waals surface area contributed by atoms with Gasteiger partial charge in [0.2, 0.25) is 0 Å². The number of rotatable bonds is 8.